The monoisotopic (exact) mass is 508 g/mol. The number of benzene rings is 3. The zero-order valence-corrected chi connectivity index (χ0v) is 22.0. The van der Waals surface area contributed by atoms with Crippen LogP contribution < -0.4 is 4.57 Å². The van der Waals surface area contributed by atoms with Crippen molar-refractivity contribution in [1.82, 2.24) is 19.5 Å². The molecular weight excluding hydrogens is 482 g/mol. The Labute approximate surface area is 225 Å². The minimum absolute atomic E-state index is 0.590. The van der Waals surface area contributed by atoms with Gasteiger partial charge in [0.15, 0.2) is 11.4 Å². The molecule has 0 unspecified atom stereocenters. The number of fused-ring (bicyclic) bond motifs is 3. The van der Waals surface area contributed by atoms with Gasteiger partial charge in [-0.3, -0.25) is 0 Å². The van der Waals surface area contributed by atoms with Crippen LogP contribution in [0.3, 0.4) is 0 Å². The second kappa shape index (κ2) is 9.03. The summed E-state index contributed by atoms with van der Waals surface area (Å²) in [6.07, 6.45) is 4.10. The lowest BCUT2D eigenvalue weighted by Gasteiger charge is -2.08. The van der Waals surface area contributed by atoms with Gasteiger partial charge in [-0.25, -0.2) is 24.1 Å². The third kappa shape index (κ3) is 3.89. The van der Waals surface area contributed by atoms with Crippen LogP contribution >= 0.6 is 0 Å². The third-order valence-electron chi connectivity index (χ3n) is 7.21. The van der Waals surface area contributed by atoms with E-state index in [0.29, 0.717) is 11.5 Å². The van der Waals surface area contributed by atoms with Gasteiger partial charge in [-0.1, -0.05) is 72.8 Å². The van der Waals surface area contributed by atoms with Gasteiger partial charge < -0.3 is 4.42 Å². The summed E-state index contributed by atoms with van der Waals surface area (Å²) in [6, 6.07) is 30.6. The van der Waals surface area contributed by atoms with Crippen LogP contribution in [-0.4, -0.2) is 19.5 Å². The van der Waals surface area contributed by atoms with E-state index in [9.17, 15) is 0 Å². The zero-order valence-electron chi connectivity index (χ0n) is 22.0. The summed E-state index contributed by atoms with van der Waals surface area (Å²) in [4.78, 5) is 14.8. The minimum atomic E-state index is 0.590. The molecule has 0 aliphatic carbocycles. The van der Waals surface area contributed by atoms with Gasteiger partial charge >= 0.3 is 0 Å². The molecule has 6 heteroatoms. The summed E-state index contributed by atoms with van der Waals surface area (Å²) in [5, 5.41) is 2.02. The molecule has 0 aliphatic heterocycles. The van der Waals surface area contributed by atoms with E-state index in [1.807, 2.05) is 60.7 Å². The standard InChI is InChI=1S/C33H26N5O/c1-21-14-15-24-25-16-17-26(36-32(25)39-30(24)29(21)33-37(2)18-19-38(33)3)28-20-27(22-10-6-4-7-11-22)34-31(35-28)23-12-8-5-9-13-23/h4-20H,1-3H3/q+1. The first kappa shape index (κ1) is 23.0. The molecule has 0 atom stereocenters. The fourth-order valence-corrected chi connectivity index (χ4v) is 5.23. The molecule has 7 rings (SSSR count). The highest BCUT2D eigenvalue weighted by Crippen LogP contribution is 2.37. The summed E-state index contributed by atoms with van der Waals surface area (Å²) >= 11 is 0. The molecule has 7 aromatic rings. The maximum atomic E-state index is 6.51. The van der Waals surface area contributed by atoms with Crippen molar-refractivity contribution in [3.63, 3.8) is 0 Å². The molecule has 6 nitrogen and oxygen atoms in total. The van der Waals surface area contributed by atoms with E-state index in [2.05, 4.69) is 72.9 Å². The molecule has 0 saturated heterocycles. The molecule has 0 radical (unpaired) electrons. The van der Waals surface area contributed by atoms with E-state index in [0.717, 1.165) is 61.5 Å². The number of hydrogen-bond donors (Lipinski definition) is 0. The first-order valence-corrected chi connectivity index (χ1v) is 12.9. The van der Waals surface area contributed by atoms with Gasteiger partial charge in [0.05, 0.1) is 31.2 Å². The summed E-state index contributed by atoms with van der Waals surface area (Å²) in [5.74, 6) is 1.74. The second-order valence-corrected chi connectivity index (χ2v) is 9.82. The van der Waals surface area contributed by atoms with E-state index in [-0.39, 0.29) is 0 Å². The molecule has 4 heterocycles. The zero-order chi connectivity index (χ0) is 26.5. The lowest BCUT2D eigenvalue weighted by Crippen LogP contribution is -2.29. The van der Waals surface area contributed by atoms with Crippen molar-refractivity contribution in [2.45, 2.75) is 6.92 Å². The molecule has 39 heavy (non-hydrogen) atoms. The van der Waals surface area contributed by atoms with E-state index in [1.54, 1.807) is 0 Å². The fraction of sp³-hybridized carbons (Fsp3) is 0.0909. The van der Waals surface area contributed by atoms with Crippen LogP contribution in [0.15, 0.2) is 108 Å². The van der Waals surface area contributed by atoms with Crippen molar-refractivity contribution in [1.29, 1.82) is 0 Å². The van der Waals surface area contributed by atoms with Crippen LogP contribution in [0.5, 0.6) is 0 Å². The highest BCUT2D eigenvalue weighted by Gasteiger charge is 2.24. The molecule has 0 saturated carbocycles. The summed E-state index contributed by atoms with van der Waals surface area (Å²) in [6.45, 7) is 2.12. The minimum Gasteiger partial charge on any atom is -0.437 e. The van der Waals surface area contributed by atoms with Gasteiger partial charge in [0.25, 0.3) is 5.82 Å². The molecule has 0 N–H and O–H groups in total. The number of nitrogens with zero attached hydrogens (tertiary/aromatic N) is 5. The Bertz CT molecular complexity index is 1910. The summed E-state index contributed by atoms with van der Waals surface area (Å²) < 4.78 is 10.7. The number of hydrogen-bond acceptors (Lipinski definition) is 4. The Kier molecular flexibility index (Phi) is 5.33. The summed E-state index contributed by atoms with van der Waals surface area (Å²) in [5.41, 5.74) is 7.96. The van der Waals surface area contributed by atoms with Gasteiger partial charge in [0.1, 0.15) is 18.0 Å². The topological polar surface area (TPSA) is 60.6 Å². The van der Waals surface area contributed by atoms with E-state index < -0.39 is 0 Å². The van der Waals surface area contributed by atoms with Gasteiger partial charge in [-0.15, -0.1) is 0 Å². The number of pyridine rings is 1. The first-order valence-electron chi connectivity index (χ1n) is 12.9. The van der Waals surface area contributed by atoms with Crippen LogP contribution in [-0.2, 0) is 14.1 Å². The molecule has 4 aromatic heterocycles. The number of imidazole rings is 1. The molecule has 0 fully saturated rings. The van der Waals surface area contributed by atoms with Crippen molar-refractivity contribution in [3.05, 3.63) is 109 Å². The predicted octanol–water partition coefficient (Wildman–Crippen LogP) is 6.91. The Morgan fingerprint density at radius 1 is 0.718 bits per heavy atom. The molecule has 188 valence electrons. The van der Waals surface area contributed by atoms with Crippen LogP contribution in [0.2, 0.25) is 0 Å². The number of rotatable bonds is 4. The molecule has 0 bridgehead atoms. The van der Waals surface area contributed by atoms with Crippen molar-refractivity contribution < 1.29 is 8.98 Å². The maximum absolute atomic E-state index is 6.51. The number of aromatic nitrogens is 5. The van der Waals surface area contributed by atoms with Crippen molar-refractivity contribution in [2.24, 2.45) is 14.1 Å². The average molecular weight is 509 g/mol. The highest BCUT2D eigenvalue weighted by atomic mass is 16.3. The SMILES string of the molecule is Cc1ccc2c(oc3nc(-c4cc(-c5ccccc5)nc(-c5ccccc5)n4)ccc32)c1-c1n(C)cc[n+]1C. The number of furan rings is 1. The molecule has 0 aliphatic rings. The summed E-state index contributed by atoms with van der Waals surface area (Å²) in [7, 11) is 4.10. The van der Waals surface area contributed by atoms with E-state index >= 15 is 0 Å². The van der Waals surface area contributed by atoms with E-state index in [4.69, 9.17) is 19.4 Å². The van der Waals surface area contributed by atoms with Crippen molar-refractivity contribution >= 4 is 22.1 Å². The van der Waals surface area contributed by atoms with Crippen LogP contribution in [0, 0.1) is 6.92 Å². The Balaban J connectivity index is 1.43. The van der Waals surface area contributed by atoms with Gasteiger partial charge in [-0.2, -0.15) is 0 Å². The van der Waals surface area contributed by atoms with E-state index in [1.165, 1.54) is 0 Å². The van der Waals surface area contributed by atoms with Gasteiger partial charge in [0, 0.05) is 21.9 Å². The number of aryl methyl sites for hydroxylation is 3. The first-order chi connectivity index (χ1) is 19.1. The second-order valence-electron chi connectivity index (χ2n) is 9.82. The quantitative estimate of drug-likeness (QED) is 0.242. The average Bonchev–Trinajstić information content (AvgIpc) is 3.52. The Morgan fingerprint density at radius 2 is 1.41 bits per heavy atom. The molecule has 3 aromatic carbocycles. The lowest BCUT2D eigenvalue weighted by molar-refractivity contribution is -0.659. The normalized spacial score (nSPS) is 11.5. The third-order valence-corrected chi connectivity index (χ3v) is 7.21. The maximum Gasteiger partial charge on any atom is 0.292 e. The molecule has 0 amide bonds. The predicted molar refractivity (Wildman–Crippen MR) is 154 cm³/mol. The fourth-order valence-electron chi connectivity index (χ4n) is 5.23. The van der Waals surface area contributed by atoms with Crippen molar-refractivity contribution in [3.8, 4) is 45.4 Å². The van der Waals surface area contributed by atoms with Crippen molar-refractivity contribution in [2.75, 3.05) is 0 Å². The lowest BCUT2D eigenvalue weighted by atomic mass is 10.0. The van der Waals surface area contributed by atoms with Crippen LogP contribution in [0.1, 0.15) is 5.56 Å². The highest BCUT2D eigenvalue weighted by molar-refractivity contribution is 6.08. The van der Waals surface area contributed by atoms with Gasteiger partial charge in [0.2, 0.25) is 5.71 Å². The Morgan fingerprint density at radius 3 is 2.13 bits per heavy atom. The smallest absolute Gasteiger partial charge is 0.292 e. The van der Waals surface area contributed by atoms with Gasteiger partial charge in [-0.05, 0) is 30.7 Å². The molecular formula is C33H26N5O+. The largest absolute Gasteiger partial charge is 0.437 e. The van der Waals surface area contributed by atoms with Crippen LogP contribution in [0.25, 0.3) is 67.5 Å². The van der Waals surface area contributed by atoms with Crippen LogP contribution in [0.4, 0.5) is 0 Å². The molecule has 0 spiro atoms. The Hall–Kier alpha value is -5.10.